The third-order valence-electron chi connectivity index (χ3n) is 5.59. The number of ether oxygens (including phenoxy) is 1. The Bertz CT molecular complexity index is 1230. The molecule has 2 N–H and O–H groups in total. The number of fused-ring (bicyclic) bond motifs is 4. The second-order valence-electron chi connectivity index (χ2n) is 7.86. The van der Waals surface area contributed by atoms with Gasteiger partial charge in [0.25, 0.3) is 5.91 Å². The maximum atomic E-state index is 13.1. The molecular formula is C22H20ClN5O3S. The minimum atomic E-state index is -0.918. The third-order valence-corrected chi connectivity index (χ3v) is 6.81. The van der Waals surface area contributed by atoms with Gasteiger partial charge in [0.15, 0.2) is 5.72 Å². The number of aryl methyl sites for hydroxylation is 1. The lowest BCUT2D eigenvalue weighted by molar-refractivity contribution is 0.0378. The number of nitrogens with zero attached hydrogens (tertiary/aromatic N) is 3. The van der Waals surface area contributed by atoms with Crippen LogP contribution in [0.1, 0.15) is 47.2 Å². The second-order valence-corrected chi connectivity index (χ2v) is 9.36. The Labute approximate surface area is 193 Å². The summed E-state index contributed by atoms with van der Waals surface area (Å²) >= 11 is 7.48. The molecule has 0 saturated carbocycles. The second kappa shape index (κ2) is 7.75. The van der Waals surface area contributed by atoms with Crippen molar-refractivity contribution in [1.82, 2.24) is 15.5 Å². The first kappa shape index (κ1) is 20.7. The SMILES string of the molecule is CCc1nnc(NC(=O)c2cccc(N3C(=O)NC4CC3(C)Oc3ccc(Cl)cc34)c2)s1. The molecule has 5 rings (SSSR count). The fourth-order valence-corrected chi connectivity index (χ4v) is 4.99. The first-order valence-electron chi connectivity index (χ1n) is 10.2. The fourth-order valence-electron chi connectivity index (χ4n) is 4.14. The zero-order chi connectivity index (χ0) is 22.5. The average Bonchev–Trinajstić information content (AvgIpc) is 3.21. The fraction of sp³-hybridized carbons (Fsp3) is 0.273. The van der Waals surface area contributed by atoms with Gasteiger partial charge in [-0.2, -0.15) is 0 Å². The van der Waals surface area contributed by atoms with Gasteiger partial charge in [-0.3, -0.25) is 15.0 Å². The van der Waals surface area contributed by atoms with Crippen molar-refractivity contribution in [2.24, 2.45) is 0 Å². The summed E-state index contributed by atoms with van der Waals surface area (Å²) in [6, 6.07) is 11.8. The summed E-state index contributed by atoms with van der Waals surface area (Å²) in [7, 11) is 0. The van der Waals surface area contributed by atoms with Crippen LogP contribution in [-0.4, -0.2) is 27.9 Å². The summed E-state index contributed by atoms with van der Waals surface area (Å²) in [4.78, 5) is 27.4. The van der Waals surface area contributed by atoms with Gasteiger partial charge in [0, 0.05) is 22.6 Å². The van der Waals surface area contributed by atoms with E-state index in [9.17, 15) is 9.59 Å². The predicted molar refractivity (Wildman–Crippen MR) is 123 cm³/mol. The van der Waals surface area contributed by atoms with Crippen LogP contribution in [0.3, 0.4) is 0 Å². The molecule has 1 aromatic heterocycles. The van der Waals surface area contributed by atoms with Gasteiger partial charge in [0.2, 0.25) is 5.13 Å². The van der Waals surface area contributed by atoms with E-state index in [1.54, 1.807) is 35.2 Å². The Morgan fingerprint density at radius 3 is 2.97 bits per heavy atom. The van der Waals surface area contributed by atoms with Gasteiger partial charge in [0.05, 0.1) is 11.7 Å². The molecule has 0 radical (unpaired) electrons. The van der Waals surface area contributed by atoms with E-state index >= 15 is 0 Å². The van der Waals surface area contributed by atoms with Crippen molar-refractivity contribution in [3.63, 3.8) is 0 Å². The average molecular weight is 470 g/mol. The van der Waals surface area contributed by atoms with E-state index in [4.69, 9.17) is 16.3 Å². The summed E-state index contributed by atoms with van der Waals surface area (Å²) in [5.74, 6) is 0.352. The minimum absolute atomic E-state index is 0.206. The Kier molecular flexibility index (Phi) is 5.02. The van der Waals surface area contributed by atoms with E-state index in [2.05, 4.69) is 20.8 Å². The van der Waals surface area contributed by atoms with Crippen LogP contribution in [-0.2, 0) is 6.42 Å². The van der Waals surface area contributed by atoms with Crippen LogP contribution in [0.5, 0.6) is 5.75 Å². The number of anilines is 2. The lowest BCUT2D eigenvalue weighted by atomic mass is 9.90. The lowest BCUT2D eigenvalue weighted by Gasteiger charge is -2.50. The Hall–Kier alpha value is -3.17. The lowest BCUT2D eigenvalue weighted by Crippen LogP contribution is -2.65. The number of nitrogens with one attached hydrogen (secondary N) is 2. The molecule has 2 aliphatic rings. The number of urea groups is 1. The topological polar surface area (TPSA) is 96.5 Å². The zero-order valence-electron chi connectivity index (χ0n) is 17.4. The summed E-state index contributed by atoms with van der Waals surface area (Å²) < 4.78 is 6.28. The van der Waals surface area contributed by atoms with Crippen LogP contribution >= 0.6 is 22.9 Å². The molecule has 3 heterocycles. The van der Waals surface area contributed by atoms with Crippen LogP contribution in [0.4, 0.5) is 15.6 Å². The van der Waals surface area contributed by atoms with Crippen LogP contribution < -0.4 is 20.3 Å². The van der Waals surface area contributed by atoms with Crippen LogP contribution in [0.15, 0.2) is 42.5 Å². The van der Waals surface area contributed by atoms with Crippen molar-refractivity contribution in [2.45, 2.75) is 38.5 Å². The van der Waals surface area contributed by atoms with E-state index in [1.807, 2.05) is 26.0 Å². The van der Waals surface area contributed by atoms with E-state index in [1.165, 1.54) is 11.3 Å². The van der Waals surface area contributed by atoms with Gasteiger partial charge in [-0.25, -0.2) is 4.79 Å². The predicted octanol–water partition coefficient (Wildman–Crippen LogP) is 4.78. The maximum Gasteiger partial charge on any atom is 0.325 e. The van der Waals surface area contributed by atoms with E-state index in [0.29, 0.717) is 33.6 Å². The molecule has 0 aliphatic carbocycles. The molecular weight excluding hydrogens is 450 g/mol. The summed E-state index contributed by atoms with van der Waals surface area (Å²) in [5, 5.41) is 15.7. The quantitative estimate of drug-likeness (QED) is 0.573. The van der Waals surface area contributed by atoms with Gasteiger partial charge in [-0.15, -0.1) is 10.2 Å². The molecule has 1 saturated heterocycles. The molecule has 32 heavy (non-hydrogen) atoms. The number of hydrogen-bond donors (Lipinski definition) is 2. The Morgan fingerprint density at radius 2 is 2.19 bits per heavy atom. The monoisotopic (exact) mass is 469 g/mol. The smallest absolute Gasteiger partial charge is 0.325 e. The Balaban J connectivity index is 1.44. The standard InChI is InChI=1S/C22H20ClN5O3S/c1-3-18-26-27-20(32-18)25-19(29)12-5-4-6-14(9-12)28-21(30)24-16-11-22(28,2)31-17-8-7-13(23)10-15(16)17/h4-10,16H,3,11H2,1-2H3,(H,24,30)(H,25,27,29). The maximum absolute atomic E-state index is 13.1. The summed E-state index contributed by atoms with van der Waals surface area (Å²) in [6.07, 6.45) is 1.29. The number of amides is 3. The number of carbonyl (C=O) groups is 2. The number of rotatable bonds is 4. The summed E-state index contributed by atoms with van der Waals surface area (Å²) in [6.45, 7) is 3.85. The number of hydrogen-bond acceptors (Lipinski definition) is 6. The van der Waals surface area contributed by atoms with Crippen LogP contribution in [0, 0.1) is 0 Å². The highest BCUT2D eigenvalue weighted by Gasteiger charge is 2.50. The molecule has 3 aromatic rings. The van der Waals surface area contributed by atoms with Gasteiger partial charge >= 0.3 is 6.03 Å². The highest BCUT2D eigenvalue weighted by molar-refractivity contribution is 7.15. The van der Waals surface area contributed by atoms with Crippen molar-refractivity contribution < 1.29 is 14.3 Å². The van der Waals surface area contributed by atoms with E-state index in [0.717, 1.165) is 17.0 Å². The van der Waals surface area contributed by atoms with Crippen molar-refractivity contribution in [2.75, 3.05) is 10.2 Å². The number of halogens is 1. The molecule has 1 fully saturated rings. The third kappa shape index (κ3) is 3.57. The summed E-state index contributed by atoms with van der Waals surface area (Å²) in [5.41, 5.74) is 0.898. The number of aromatic nitrogens is 2. The zero-order valence-corrected chi connectivity index (χ0v) is 19.0. The van der Waals surface area contributed by atoms with Gasteiger partial charge in [-0.1, -0.05) is 35.9 Å². The van der Waals surface area contributed by atoms with Crippen LogP contribution in [0.2, 0.25) is 5.02 Å². The molecule has 2 unspecified atom stereocenters. The van der Waals surface area contributed by atoms with Crippen molar-refractivity contribution in [1.29, 1.82) is 0 Å². The number of carbonyl (C=O) groups excluding carboxylic acids is 2. The first-order chi connectivity index (χ1) is 15.4. The molecule has 8 nitrogen and oxygen atoms in total. The molecule has 3 amide bonds. The molecule has 10 heteroatoms. The van der Waals surface area contributed by atoms with E-state index in [-0.39, 0.29) is 18.0 Å². The molecule has 2 aromatic carbocycles. The van der Waals surface area contributed by atoms with Crippen molar-refractivity contribution >= 4 is 45.7 Å². The Morgan fingerprint density at radius 1 is 1.34 bits per heavy atom. The molecule has 2 atom stereocenters. The molecule has 2 aliphatic heterocycles. The first-order valence-corrected chi connectivity index (χ1v) is 11.4. The van der Waals surface area contributed by atoms with Crippen LogP contribution in [0.25, 0.3) is 0 Å². The van der Waals surface area contributed by atoms with Gasteiger partial charge < -0.3 is 10.1 Å². The highest BCUT2D eigenvalue weighted by Crippen LogP contribution is 2.46. The van der Waals surface area contributed by atoms with Crippen molar-refractivity contribution in [3.05, 3.63) is 63.6 Å². The molecule has 164 valence electrons. The number of benzene rings is 2. The van der Waals surface area contributed by atoms with Gasteiger partial charge in [0.1, 0.15) is 10.8 Å². The normalized spacial score (nSPS) is 21.4. The molecule has 2 bridgehead atoms. The molecule has 0 spiro atoms. The van der Waals surface area contributed by atoms with E-state index < -0.39 is 5.72 Å². The van der Waals surface area contributed by atoms with Gasteiger partial charge in [-0.05, 0) is 49.7 Å². The highest BCUT2D eigenvalue weighted by atomic mass is 35.5. The largest absolute Gasteiger partial charge is 0.467 e. The minimum Gasteiger partial charge on any atom is -0.467 e. The van der Waals surface area contributed by atoms with Crippen molar-refractivity contribution in [3.8, 4) is 5.75 Å².